The molecule has 1 unspecified atom stereocenters. The number of halogens is 3. The molecule has 1 atom stereocenters. The fourth-order valence-electron chi connectivity index (χ4n) is 1.92. The Hall–Kier alpha value is -1.29. The molecule has 5 heteroatoms. The average Bonchev–Trinajstić information content (AvgIpc) is 2.42. The molecule has 1 N–H and O–H groups in total. The molecule has 2 rings (SSSR count). The third-order valence-corrected chi connectivity index (χ3v) is 3.65. The first-order valence-electron chi connectivity index (χ1n) is 5.96. The van der Waals surface area contributed by atoms with Crippen LogP contribution < -0.4 is 4.74 Å². The summed E-state index contributed by atoms with van der Waals surface area (Å²) in [6, 6.07) is 9.08. The summed E-state index contributed by atoms with van der Waals surface area (Å²) in [5, 5.41) is 11.0. The molecule has 0 saturated carbocycles. The molecule has 2 aromatic carbocycles. The highest BCUT2D eigenvalue weighted by atomic mass is 35.5. The van der Waals surface area contributed by atoms with E-state index in [0.29, 0.717) is 26.9 Å². The second-order valence-electron chi connectivity index (χ2n) is 4.35. The molecule has 0 fully saturated rings. The molecule has 2 aromatic rings. The van der Waals surface area contributed by atoms with Crippen molar-refractivity contribution in [1.82, 2.24) is 0 Å². The zero-order valence-corrected chi connectivity index (χ0v) is 12.2. The zero-order chi connectivity index (χ0) is 14.7. The molecule has 0 aromatic heterocycles. The fourth-order valence-corrected chi connectivity index (χ4v) is 2.38. The van der Waals surface area contributed by atoms with E-state index < -0.39 is 6.10 Å². The van der Waals surface area contributed by atoms with Gasteiger partial charge in [-0.05, 0) is 41.5 Å². The summed E-state index contributed by atoms with van der Waals surface area (Å²) in [5.74, 6) is 0.149. The number of aliphatic hydroxyl groups is 1. The lowest BCUT2D eigenvalue weighted by Crippen LogP contribution is -2.03. The van der Waals surface area contributed by atoms with E-state index in [9.17, 15) is 9.50 Å². The summed E-state index contributed by atoms with van der Waals surface area (Å²) in [5.41, 5.74) is 1.17. The van der Waals surface area contributed by atoms with Crippen LogP contribution in [0.2, 0.25) is 10.0 Å². The Morgan fingerprint density at radius 3 is 2.55 bits per heavy atom. The van der Waals surface area contributed by atoms with Crippen LogP contribution in [0.1, 0.15) is 17.2 Å². The van der Waals surface area contributed by atoms with Gasteiger partial charge in [0.1, 0.15) is 11.6 Å². The molecule has 0 aliphatic heterocycles. The van der Waals surface area contributed by atoms with E-state index in [2.05, 4.69) is 0 Å². The highest BCUT2D eigenvalue weighted by molar-refractivity contribution is 6.32. The van der Waals surface area contributed by atoms with E-state index >= 15 is 0 Å². The van der Waals surface area contributed by atoms with Gasteiger partial charge in [-0.1, -0.05) is 29.3 Å². The molecule has 0 spiro atoms. The van der Waals surface area contributed by atoms with Gasteiger partial charge in [0, 0.05) is 11.4 Å². The Morgan fingerprint density at radius 1 is 1.15 bits per heavy atom. The van der Waals surface area contributed by atoms with Crippen LogP contribution in [0.25, 0.3) is 0 Å². The molecule has 0 saturated heterocycles. The minimum Gasteiger partial charge on any atom is -0.495 e. The van der Waals surface area contributed by atoms with Crippen LogP contribution in [0.3, 0.4) is 0 Å². The van der Waals surface area contributed by atoms with Gasteiger partial charge in [0.05, 0.1) is 18.2 Å². The first-order valence-corrected chi connectivity index (χ1v) is 6.72. The summed E-state index contributed by atoms with van der Waals surface area (Å²) < 4.78 is 18.2. The highest BCUT2D eigenvalue weighted by Crippen LogP contribution is 2.30. The first kappa shape index (κ1) is 15.1. The Labute approximate surface area is 126 Å². The van der Waals surface area contributed by atoms with Gasteiger partial charge in [-0.15, -0.1) is 0 Å². The van der Waals surface area contributed by atoms with Crippen molar-refractivity contribution < 1.29 is 14.2 Å². The van der Waals surface area contributed by atoms with Crippen molar-refractivity contribution in [1.29, 1.82) is 0 Å². The van der Waals surface area contributed by atoms with Gasteiger partial charge in [0.15, 0.2) is 0 Å². The van der Waals surface area contributed by atoms with Gasteiger partial charge in [-0.2, -0.15) is 0 Å². The minimum atomic E-state index is -0.822. The first-order chi connectivity index (χ1) is 9.51. The molecule has 0 heterocycles. The fraction of sp³-hybridized carbons (Fsp3) is 0.200. The molecule has 0 amide bonds. The predicted octanol–water partition coefficient (Wildman–Crippen LogP) is 4.42. The van der Waals surface area contributed by atoms with Gasteiger partial charge >= 0.3 is 0 Å². The zero-order valence-electron chi connectivity index (χ0n) is 10.7. The minimum absolute atomic E-state index is 0.208. The van der Waals surface area contributed by atoms with Crippen molar-refractivity contribution in [2.45, 2.75) is 12.5 Å². The molecule has 0 radical (unpaired) electrons. The second-order valence-corrected chi connectivity index (χ2v) is 5.16. The standard InChI is InChI=1S/C15H13Cl2FO2/c1-20-15-5-2-9(7-13(15)17)14(19)8-10-6-11(18)3-4-12(10)16/h2-7,14,19H,8H2,1H3. The highest BCUT2D eigenvalue weighted by Gasteiger charge is 2.13. The number of benzene rings is 2. The summed E-state index contributed by atoms with van der Waals surface area (Å²) in [6.45, 7) is 0. The van der Waals surface area contributed by atoms with Crippen molar-refractivity contribution >= 4 is 23.2 Å². The number of ether oxygens (including phenoxy) is 1. The van der Waals surface area contributed by atoms with Crippen molar-refractivity contribution in [3.8, 4) is 5.75 Å². The van der Waals surface area contributed by atoms with Gasteiger partial charge in [0.2, 0.25) is 0 Å². The maximum atomic E-state index is 13.2. The van der Waals surface area contributed by atoms with Crippen molar-refractivity contribution in [3.63, 3.8) is 0 Å². The third-order valence-electron chi connectivity index (χ3n) is 2.98. The Kier molecular flexibility index (Phi) is 4.86. The maximum Gasteiger partial charge on any atom is 0.137 e. The van der Waals surface area contributed by atoms with Gasteiger partial charge in [-0.25, -0.2) is 4.39 Å². The molecule has 0 aliphatic carbocycles. The Morgan fingerprint density at radius 2 is 1.90 bits per heavy atom. The lowest BCUT2D eigenvalue weighted by molar-refractivity contribution is 0.178. The largest absolute Gasteiger partial charge is 0.495 e. The lowest BCUT2D eigenvalue weighted by atomic mass is 10.0. The van der Waals surface area contributed by atoms with E-state index in [1.807, 2.05) is 0 Å². The van der Waals surface area contributed by atoms with Crippen LogP contribution in [-0.2, 0) is 6.42 Å². The number of rotatable bonds is 4. The molecule has 0 aliphatic rings. The van der Waals surface area contributed by atoms with Gasteiger partial charge in [0.25, 0.3) is 0 Å². The number of aliphatic hydroxyl groups excluding tert-OH is 1. The van der Waals surface area contributed by atoms with Crippen LogP contribution in [0, 0.1) is 5.82 Å². The molecule has 106 valence electrons. The average molecular weight is 315 g/mol. The summed E-state index contributed by atoms with van der Waals surface area (Å²) >= 11 is 12.0. The van der Waals surface area contributed by atoms with E-state index in [1.165, 1.54) is 25.3 Å². The molecule has 20 heavy (non-hydrogen) atoms. The topological polar surface area (TPSA) is 29.5 Å². The quantitative estimate of drug-likeness (QED) is 0.905. The molecular weight excluding hydrogens is 302 g/mol. The molecule has 2 nitrogen and oxygen atoms in total. The number of hydrogen-bond donors (Lipinski definition) is 1. The maximum absolute atomic E-state index is 13.2. The van der Waals surface area contributed by atoms with E-state index in [1.54, 1.807) is 18.2 Å². The second kappa shape index (κ2) is 6.44. The van der Waals surface area contributed by atoms with E-state index in [-0.39, 0.29) is 12.2 Å². The van der Waals surface area contributed by atoms with Crippen LogP contribution >= 0.6 is 23.2 Å². The lowest BCUT2D eigenvalue weighted by Gasteiger charge is -2.14. The van der Waals surface area contributed by atoms with E-state index in [0.717, 1.165) is 0 Å². The van der Waals surface area contributed by atoms with Crippen LogP contribution in [0.5, 0.6) is 5.75 Å². The van der Waals surface area contributed by atoms with Crippen molar-refractivity contribution in [2.75, 3.05) is 7.11 Å². The normalized spacial score (nSPS) is 12.2. The number of methoxy groups -OCH3 is 1. The van der Waals surface area contributed by atoms with Gasteiger partial charge in [-0.3, -0.25) is 0 Å². The SMILES string of the molecule is COc1ccc(C(O)Cc2cc(F)ccc2Cl)cc1Cl. The van der Waals surface area contributed by atoms with E-state index in [4.69, 9.17) is 27.9 Å². The van der Waals surface area contributed by atoms with Crippen molar-refractivity contribution in [3.05, 3.63) is 63.4 Å². The van der Waals surface area contributed by atoms with Gasteiger partial charge < -0.3 is 9.84 Å². The Balaban J connectivity index is 2.21. The summed E-state index contributed by atoms with van der Waals surface area (Å²) in [7, 11) is 1.52. The summed E-state index contributed by atoms with van der Waals surface area (Å²) in [4.78, 5) is 0. The molecule has 0 bridgehead atoms. The van der Waals surface area contributed by atoms with Crippen LogP contribution in [0.15, 0.2) is 36.4 Å². The Bertz CT molecular complexity index is 617. The smallest absolute Gasteiger partial charge is 0.137 e. The summed E-state index contributed by atoms with van der Waals surface area (Å²) in [6.07, 6.45) is -0.614. The third kappa shape index (κ3) is 3.42. The van der Waals surface area contributed by atoms with Crippen LogP contribution in [0.4, 0.5) is 4.39 Å². The monoisotopic (exact) mass is 314 g/mol. The predicted molar refractivity (Wildman–Crippen MR) is 78.1 cm³/mol. The van der Waals surface area contributed by atoms with Crippen LogP contribution in [-0.4, -0.2) is 12.2 Å². The van der Waals surface area contributed by atoms with Crippen molar-refractivity contribution in [2.24, 2.45) is 0 Å². The molecular formula is C15H13Cl2FO2. The number of hydrogen-bond acceptors (Lipinski definition) is 2.